The minimum atomic E-state index is 0.470. The molecule has 0 atom stereocenters. The van der Waals surface area contributed by atoms with E-state index in [1.807, 2.05) is 12.1 Å². The second-order valence-electron chi connectivity index (χ2n) is 6.03. The summed E-state index contributed by atoms with van der Waals surface area (Å²) in [7, 11) is 0. The summed E-state index contributed by atoms with van der Waals surface area (Å²) in [4.78, 5) is 0. The molecule has 0 spiro atoms. The van der Waals surface area contributed by atoms with Gasteiger partial charge >= 0.3 is 0 Å². The maximum absolute atomic E-state index is 6.13. The van der Waals surface area contributed by atoms with E-state index in [4.69, 9.17) is 4.74 Å². The van der Waals surface area contributed by atoms with Gasteiger partial charge in [-0.3, -0.25) is 0 Å². The lowest BCUT2D eigenvalue weighted by atomic mass is 10.1. The van der Waals surface area contributed by atoms with Crippen molar-refractivity contribution in [3.8, 4) is 11.5 Å². The van der Waals surface area contributed by atoms with E-state index in [1.54, 1.807) is 0 Å². The van der Waals surface area contributed by atoms with Gasteiger partial charge in [0.15, 0.2) is 0 Å². The number of aryl methyl sites for hydroxylation is 2. The van der Waals surface area contributed by atoms with E-state index in [9.17, 15) is 0 Å². The molecule has 110 valence electrons. The zero-order valence-corrected chi connectivity index (χ0v) is 12.9. The summed E-state index contributed by atoms with van der Waals surface area (Å²) < 4.78 is 6.13. The number of hydrogen-bond acceptors (Lipinski definition) is 2. The Labute approximate surface area is 127 Å². The normalized spacial score (nSPS) is 13.5. The number of hydrogen-bond donors (Lipinski definition) is 1. The average Bonchev–Trinajstić information content (AvgIpc) is 2.94. The van der Waals surface area contributed by atoms with E-state index >= 15 is 0 Å². The number of ether oxygens (including phenoxy) is 1. The molecule has 0 radical (unpaired) electrons. The van der Waals surface area contributed by atoms with Crippen LogP contribution in [0.5, 0.6) is 11.5 Å². The van der Waals surface area contributed by atoms with Gasteiger partial charge in [0.2, 0.25) is 0 Å². The topological polar surface area (TPSA) is 21.3 Å². The minimum absolute atomic E-state index is 0.470. The van der Waals surface area contributed by atoms with Crippen molar-refractivity contribution in [3.63, 3.8) is 0 Å². The third kappa shape index (κ3) is 3.45. The average molecular weight is 281 g/mol. The van der Waals surface area contributed by atoms with Crippen LogP contribution >= 0.6 is 0 Å². The van der Waals surface area contributed by atoms with Gasteiger partial charge in [0.25, 0.3) is 0 Å². The van der Waals surface area contributed by atoms with Gasteiger partial charge in [0.05, 0.1) is 0 Å². The molecule has 0 amide bonds. The van der Waals surface area contributed by atoms with Crippen molar-refractivity contribution in [2.45, 2.75) is 45.7 Å². The number of para-hydroxylation sites is 1. The zero-order valence-electron chi connectivity index (χ0n) is 12.9. The Hall–Kier alpha value is -1.80. The monoisotopic (exact) mass is 281 g/mol. The predicted molar refractivity (Wildman–Crippen MR) is 87.0 cm³/mol. The molecule has 0 fully saturated rings. The van der Waals surface area contributed by atoms with Crippen molar-refractivity contribution in [3.05, 3.63) is 59.2 Å². The summed E-state index contributed by atoms with van der Waals surface area (Å²) in [6, 6.07) is 15.2. The molecule has 3 rings (SSSR count). The molecule has 0 unspecified atom stereocenters. The number of rotatable bonds is 5. The number of fused-ring (bicyclic) bond motifs is 1. The van der Waals surface area contributed by atoms with Gasteiger partial charge in [0, 0.05) is 18.2 Å². The Balaban J connectivity index is 1.78. The van der Waals surface area contributed by atoms with Crippen molar-refractivity contribution in [2.24, 2.45) is 0 Å². The highest BCUT2D eigenvalue weighted by Crippen LogP contribution is 2.30. The van der Waals surface area contributed by atoms with Crippen LogP contribution in [0.25, 0.3) is 0 Å². The maximum Gasteiger partial charge on any atom is 0.131 e. The van der Waals surface area contributed by atoms with Gasteiger partial charge in [-0.25, -0.2) is 0 Å². The number of nitrogens with one attached hydrogen (secondary N) is 1. The van der Waals surface area contributed by atoms with Crippen LogP contribution in [-0.2, 0) is 19.4 Å². The minimum Gasteiger partial charge on any atom is -0.457 e. The maximum atomic E-state index is 6.13. The molecule has 0 saturated heterocycles. The van der Waals surface area contributed by atoms with Crippen molar-refractivity contribution in [2.75, 3.05) is 0 Å². The van der Waals surface area contributed by atoms with Crippen LogP contribution in [0.2, 0.25) is 0 Å². The Bertz CT molecular complexity index is 619. The zero-order chi connectivity index (χ0) is 14.7. The fourth-order valence-electron chi connectivity index (χ4n) is 2.80. The third-order valence-corrected chi connectivity index (χ3v) is 3.97. The lowest BCUT2D eigenvalue weighted by Crippen LogP contribution is -2.22. The number of benzene rings is 2. The van der Waals surface area contributed by atoms with E-state index in [1.165, 1.54) is 36.0 Å². The SMILES string of the molecule is CC(C)NCc1ccccc1Oc1ccc2c(c1)CCC2. The second-order valence-corrected chi connectivity index (χ2v) is 6.03. The molecule has 1 aliphatic rings. The molecule has 1 N–H and O–H groups in total. The highest BCUT2D eigenvalue weighted by atomic mass is 16.5. The summed E-state index contributed by atoms with van der Waals surface area (Å²) in [5.41, 5.74) is 4.13. The molecule has 2 aromatic carbocycles. The van der Waals surface area contributed by atoms with Crippen molar-refractivity contribution in [1.82, 2.24) is 5.32 Å². The lowest BCUT2D eigenvalue weighted by molar-refractivity contribution is 0.469. The van der Waals surface area contributed by atoms with Gasteiger partial charge < -0.3 is 10.1 Å². The van der Waals surface area contributed by atoms with Crippen molar-refractivity contribution in [1.29, 1.82) is 0 Å². The molecule has 2 aromatic rings. The standard InChI is InChI=1S/C19H23NO/c1-14(2)20-13-17-6-3-4-9-19(17)21-18-11-10-15-7-5-8-16(15)12-18/h3-4,6,9-12,14,20H,5,7-8,13H2,1-2H3. The molecular formula is C19H23NO. The van der Waals surface area contributed by atoms with Crippen LogP contribution in [0.15, 0.2) is 42.5 Å². The van der Waals surface area contributed by atoms with Crippen molar-refractivity contribution >= 4 is 0 Å². The summed E-state index contributed by atoms with van der Waals surface area (Å²) in [6.45, 7) is 5.15. The second kappa shape index (κ2) is 6.31. The summed E-state index contributed by atoms with van der Waals surface area (Å²) in [5, 5.41) is 3.45. The van der Waals surface area contributed by atoms with Gasteiger partial charge in [-0.05, 0) is 48.6 Å². The highest BCUT2D eigenvalue weighted by Gasteiger charge is 2.12. The molecule has 0 saturated carbocycles. The first kappa shape index (κ1) is 14.2. The summed E-state index contributed by atoms with van der Waals surface area (Å²) >= 11 is 0. The molecule has 0 heterocycles. The highest BCUT2D eigenvalue weighted by molar-refractivity contribution is 5.42. The Morgan fingerprint density at radius 2 is 1.86 bits per heavy atom. The fourth-order valence-corrected chi connectivity index (χ4v) is 2.80. The van der Waals surface area contributed by atoms with Crippen LogP contribution in [0, 0.1) is 0 Å². The quantitative estimate of drug-likeness (QED) is 0.873. The molecule has 2 nitrogen and oxygen atoms in total. The first-order valence-electron chi connectivity index (χ1n) is 7.83. The third-order valence-electron chi connectivity index (χ3n) is 3.97. The first-order chi connectivity index (χ1) is 10.2. The molecule has 0 bridgehead atoms. The molecule has 0 aromatic heterocycles. The van der Waals surface area contributed by atoms with Gasteiger partial charge in [-0.1, -0.05) is 38.1 Å². The molecule has 2 heteroatoms. The molecular weight excluding hydrogens is 258 g/mol. The van der Waals surface area contributed by atoms with Crippen molar-refractivity contribution < 1.29 is 4.74 Å². The van der Waals surface area contributed by atoms with Crippen LogP contribution in [0.4, 0.5) is 0 Å². The lowest BCUT2D eigenvalue weighted by Gasteiger charge is -2.14. The Kier molecular flexibility index (Phi) is 4.26. The van der Waals surface area contributed by atoms with E-state index in [0.29, 0.717) is 6.04 Å². The van der Waals surface area contributed by atoms with Crippen LogP contribution in [0.3, 0.4) is 0 Å². The smallest absolute Gasteiger partial charge is 0.131 e. The summed E-state index contributed by atoms with van der Waals surface area (Å²) in [6.07, 6.45) is 3.67. The Morgan fingerprint density at radius 1 is 1.05 bits per heavy atom. The summed E-state index contributed by atoms with van der Waals surface area (Å²) in [5.74, 6) is 1.90. The first-order valence-corrected chi connectivity index (χ1v) is 7.83. The molecule has 0 aliphatic heterocycles. The van der Waals surface area contributed by atoms with Gasteiger partial charge in [0.1, 0.15) is 11.5 Å². The van der Waals surface area contributed by atoms with E-state index < -0.39 is 0 Å². The Morgan fingerprint density at radius 3 is 2.71 bits per heavy atom. The van der Waals surface area contributed by atoms with E-state index in [0.717, 1.165) is 18.0 Å². The molecule has 1 aliphatic carbocycles. The van der Waals surface area contributed by atoms with E-state index in [2.05, 4.69) is 49.5 Å². The largest absolute Gasteiger partial charge is 0.457 e. The van der Waals surface area contributed by atoms with Crippen LogP contribution in [0.1, 0.15) is 37.0 Å². The van der Waals surface area contributed by atoms with Gasteiger partial charge in [-0.15, -0.1) is 0 Å². The van der Waals surface area contributed by atoms with Gasteiger partial charge in [-0.2, -0.15) is 0 Å². The molecule has 21 heavy (non-hydrogen) atoms. The fraction of sp³-hybridized carbons (Fsp3) is 0.368. The van der Waals surface area contributed by atoms with Crippen LogP contribution < -0.4 is 10.1 Å². The predicted octanol–water partition coefficient (Wildman–Crippen LogP) is 4.47. The van der Waals surface area contributed by atoms with E-state index in [-0.39, 0.29) is 0 Å². The van der Waals surface area contributed by atoms with Crippen LogP contribution in [-0.4, -0.2) is 6.04 Å².